The summed E-state index contributed by atoms with van der Waals surface area (Å²) in [5.74, 6) is 0.466. The second-order valence-electron chi connectivity index (χ2n) is 4.58. The molecule has 1 aromatic carbocycles. The lowest BCUT2D eigenvalue weighted by molar-refractivity contribution is 0.0821. The fourth-order valence-corrected chi connectivity index (χ4v) is 1.94. The number of para-hydroxylation sites is 2. The normalized spacial score (nSPS) is 10.7. The molecule has 0 saturated carbocycles. The second-order valence-corrected chi connectivity index (χ2v) is 4.58. The zero-order valence-corrected chi connectivity index (χ0v) is 11.2. The van der Waals surface area contributed by atoms with Gasteiger partial charge in [-0.25, -0.2) is 4.98 Å². The van der Waals surface area contributed by atoms with Gasteiger partial charge in [0.05, 0.1) is 11.0 Å². The Hall–Kier alpha value is -2.76. The van der Waals surface area contributed by atoms with E-state index < -0.39 is 0 Å². The lowest BCUT2D eigenvalue weighted by Crippen LogP contribution is -2.23. The maximum atomic E-state index is 11.8. The van der Waals surface area contributed by atoms with Crippen molar-refractivity contribution in [3.05, 3.63) is 48.4 Å². The molecule has 20 heavy (non-hydrogen) atoms. The van der Waals surface area contributed by atoms with Crippen molar-refractivity contribution in [3.8, 4) is 5.82 Å². The minimum Gasteiger partial charge on any atom is -0.343 e. The Morgan fingerprint density at radius 1 is 1.10 bits per heavy atom. The summed E-state index contributed by atoms with van der Waals surface area (Å²) in [6.45, 7) is 0. The van der Waals surface area contributed by atoms with Crippen LogP contribution in [0.4, 0.5) is 0 Å². The van der Waals surface area contributed by atoms with Crippen molar-refractivity contribution >= 4 is 16.9 Å². The van der Waals surface area contributed by atoms with Crippen molar-refractivity contribution in [1.82, 2.24) is 24.6 Å². The molecule has 0 spiro atoms. The molecule has 0 atom stereocenters. The second kappa shape index (κ2) is 4.73. The molecule has 0 aliphatic heterocycles. The smallest absolute Gasteiger partial charge is 0.273 e. The van der Waals surface area contributed by atoms with Gasteiger partial charge >= 0.3 is 0 Å². The van der Waals surface area contributed by atoms with Crippen LogP contribution in [0.15, 0.2) is 42.7 Å². The van der Waals surface area contributed by atoms with Crippen LogP contribution >= 0.6 is 0 Å². The summed E-state index contributed by atoms with van der Waals surface area (Å²) in [7, 11) is 3.36. The third-order valence-electron chi connectivity index (χ3n) is 2.98. The number of rotatable bonds is 2. The summed E-state index contributed by atoms with van der Waals surface area (Å²) in [5.41, 5.74) is 2.17. The van der Waals surface area contributed by atoms with Gasteiger partial charge in [-0.2, -0.15) is 0 Å². The molecule has 1 amide bonds. The quantitative estimate of drug-likeness (QED) is 0.706. The summed E-state index contributed by atoms with van der Waals surface area (Å²) in [5, 5.41) is 8.07. The first-order valence-electron chi connectivity index (χ1n) is 6.14. The first kappa shape index (κ1) is 12.3. The van der Waals surface area contributed by atoms with E-state index in [4.69, 9.17) is 0 Å². The van der Waals surface area contributed by atoms with Gasteiger partial charge in [-0.05, 0) is 24.3 Å². The minimum absolute atomic E-state index is 0.167. The Labute approximate surface area is 115 Å². The van der Waals surface area contributed by atoms with Crippen molar-refractivity contribution in [3.63, 3.8) is 0 Å². The van der Waals surface area contributed by atoms with Gasteiger partial charge in [0, 0.05) is 14.1 Å². The van der Waals surface area contributed by atoms with Crippen molar-refractivity contribution < 1.29 is 4.79 Å². The Balaban J connectivity index is 2.01. The number of hydrogen-bond donors (Lipinski definition) is 0. The summed E-state index contributed by atoms with van der Waals surface area (Å²) in [6, 6.07) is 11.2. The number of nitrogens with zero attached hydrogens (tertiary/aromatic N) is 5. The third-order valence-corrected chi connectivity index (χ3v) is 2.98. The highest BCUT2D eigenvalue weighted by Gasteiger charge is 2.11. The van der Waals surface area contributed by atoms with Crippen molar-refractivity contribution in [2.24, 2.45) is 0 Å². The van der Waals surface area contributed by atoms with Crippen molar-refractivity contribution in [2.75, 3.05) is 14.1 Å². The van der Waals surface area contributed by atoms with Gasteiger partial charge < -0.3 is 4.90 Å². The first-order chi connectivity index (χ1) is 9.66. The predicted octanol–water partition coefficient (Wildman–Crippen LogP) is 1.52. The van der Waals surface area contributed by atoms with Gasteiger partial charge in [-0.1, -0.05) is 12.1 Å². The molecule has 3 aromatic rings. The number of fused-ring (bicyclic) bond motifs is 1. The fourth-order valence-electron chi connectivity index (χ4n) is 1.94. The van der Waals surface area contributed by atoms with E-state index in [1.54, 1.807) is 32.6 Å². The van der Waals surface area contributed by atoms with Crippen LogP contribution in [0.25, 0.3) is 16.9 Å². The third kappa shape index (κ3) is 2.01. The molecule has 0 saturated heterocycles. The first-order valence-corrected chi connectivity index (χ1v) is 6.14. The molecule has 0 aliphatic carbocycles. The predicted molar refractivity (Wildman–Crippen MR) is 74.7 cm³/mol. The molecule has 2 heterocycles. The Morgan fingerprint density at radius 3 is 2.60 bits per heavy atom. The van der Waals surface area contributed by atoms with Gasteiger partial charge in [0.1, 0.15) is 6.33 Å². The number of amides is 1. The molecule has 6 nitrogen and oxygen atoms in total. The molecule has 0 radical (unpaired) electrons. The largest absolute Gasteiger partial charge is 0.343 e. The van der Waals surface area contributed by atoms with E-state index in [0.29, 0.717) is 11.5 Å². The van der Waals surface area contributed by atoms with Crippen LogP contribution in [0.1, 0.15) is 10.5 Å². The summed E-state index contributed by atoms with van der Waals surface area (Å²) in [4.78, 5) is 17.5. The average Bonchev–Trinajstić information content (AvgIpc) is 2.90. The topological polar surface area (TPSA) is 63.9 Å². The fraction of sp³-hybridized carbons (Fsp3) is 0.143. The minimum atomic E-state index is -0.167. The maximum absolute atomic E-state index is 11.8. The highest BCUT2D eigenvalue weighted by atomic mass is 16.2. The number of aromatic nitrogens is 4. The van der Waals surface area contributed by atoms with E-state index in [0.717, 1.165) is 11.0 Å². The Bertz CT molecular complexity index is 761. The van der Waals surface area contributed by atoms with Crippen LogP contribution in [0.2, 0.25) is 0 Å². The highest BCUT2D eigenvalue weighted by Crippen LogP contribution is 2.15. The van der Waals surface area contributed by atoms with Gasteiger partial charge in [0.15, 0.2) is 11.5 Å². The molecular weight excluding hydrogens is 254 g/mol. The molecule has 6 heteroatoms. The van der Waals surface area contributed by atoms with Gasteiger partial charge in [-0.3, -0.25) is 9.36 Å². The van der Waals surface area contributed by atoms with Crippen LogP contribution in [-0.4, -0.2) is 44.7 Å². The number of imidazole rings is 1. The van der Waals surface area contributed by atoms with E-state index in [2.05, 4.69) is 15.2 Å². The van der Waals surface area contributed by atoms with E-state index in [9.17, 15) is 4.79 Å². The SMILES string of the molecule is CN(C)C(=O)c1ccc(-n2cnc3ccccc32)nn1. The van der Waals surface area contributed by atoms with E-state index >= 15 is 0 Å². The molecule has 100 valence electrons. The Morgan fingerprint density at radius 2 is 1.90 bits per heavy atom. The van der Waals surface area contributed by atoms with E-state index in [-0.39, 0.29) is 5.91 Å². The lowest BCUT2D eigenvalue weighted by atomic mass is 10.3. The standard InChI is InChI=1S/C14H13N5O/c1-18(2)14(20)11-7-8-13(17-16-11)19-9-15-10-5-3-4-6-12(10)19/h3-9H,1-2H3. The Kier molecular flexibility index (Phi) is 2.90. The summed E-state index contributed by atoms with van der Waals surface area (Å²) >= 11 is 0. The maximum Gasteiger partial charge on any atom is 0.273 e. The molecule has 0 unspecified atom stereocenters. The van der Waals surface area contributed by atoms with Crippen molar-refractivity contribution in [2.45, 2.75) is 0 Å². The van der Waals surface area contributed by atoms with E-state index in [1.807, 2.05) is 28.8 Å². The molecular formula is C14H13N5O. The molecule has 0 N–H and O–H groups in total. The van der Waals surface area contributed by atoms with Crippen LogP contribution in [0, 0.1) is 0 Å². The molecule has 3 rings (SSSR count). The number of carbonyl (C=O) groups excluding carboxylic acids is 1. The van der Waals surface area contributed by atoms with Crippen LogP contribution < -0.4 is 0 Å². The van der Waals surface area contributed by atoms with E-state index in [1.165, 1.54) is 4.90 Å². The van der Waals surface area contributed by atoms with Crippen LogP contribution in [0.3, 0.4) is 0 Å². The van der Waals surface area contributed by atoms with Crippen molar-refractivity contribution in [1.29, 1.82) is 0 Å². The average molecular weight is 267 g/mol. The van der Waals surface area contributed by atoms with Gasteiger partial charge in [0.2, 0.25) is 0 Å². The molecule has 0 fully saturated rings. The monoisotopic (exact) mass is 267 g/mol. The van der Waals surface area contributed by atoms with Gasteiger partial charge in [0.25, 0.3) is 5.91 Å². The number of benzene rings is 1. The zero-order valence-electron chi connectivity index (χ0n) is 11.2. The molecule has 0 aliphatic rings. The van der Waals surface area contributed by atoms with Gasteiger partial charge in [-0.15, -0.1) is 10.2 Å². The number of hydrogen-bond acceptors (Lipinski definition) is 4. The van der Waals surface area contributed by atoms with Crippen LogP contribution in [0.5, 0.6) is 0 Å². The lowest BCUT2D eigenvalue weighted by Gasteiger charge is -2.09. The zero-order chi connectivity index (χ0) is 14.1. The number of carbonyl (C=O) groups is 1. The highest BCUT2D eigenvalue weighted by molar-refractivity contribution is 5.91. The molecule has 2 aromatic heterocycles. The summed E-state index contributed by atoms with van der Waals surface area (Å²) in [6.07, 6.45) is 1.70. The van der Waals surface area contributed by atoms with Crippen LogP contribution in [-0.2, 0) is 0 Å². The molecule has 0 bridgehead atoms. The summed E-state index contributed by atoms with van der Waals surface area (Å²) < 4.78 is 1.84.